The lowest BCUT2D eigenvalue weighted by Gasteiger charge is -2.48. The van der Waals surface area contributed by atoms with Gasteiger partial charge in [-0.15, -0.1) is 0 Å². The monoisotopic (exact) mass is 557 g/mol. The summed E-state index contributed by atoms with van der Waals surface area (Å²) in [6, 6.07) is 12.3. The Labute approximate surface area is 221 Å². The molecule has 1 saturated heterocycles. The van der Waals surface area contributed by atoms with Crippen molar-refractivity contribution in [3.05, 3.63) is 69.7 Å². The van der Waals surface area contributed by atoms with Crippen LogP contribution in [0.4, 0.5) is 0 Å². The summed E-state index contributed by atoms with van der Waals surface area (Å²) >= 11 is 12.4. The zero-order valence-electron chi connectivity index (χ0n) is 20.0. The van der Waals surface area contributed by atoms with Crippen LogP contribution in [0.25, 0.3) is 0 Å². The van der Waals surface area contributed by atoms with Crippen molar-refractivity contribution in [1.29, 1.82) is 0 Å². The molecule has 0 radical (unpaired) electrons. The van der Waals surface area contributed by atoms with E-state index < -0.39 is 58.4 Å². The normalized spacial score (nSPS) is 21.3. The average molecular weight is 558 g/mol. The molecule has 8 nitrogen and oxygen atoms in total. The average Bonchev–Trinajstić information content (AvgIpc) is 2.84. The summed E-state index contributed by atoms with van der Waals surface area (Å²) in [6.07, 6.45) is -1.99. The lowest BCUT2D eigenvalue weighted by Crippen LogP contribution is -2.56. The molecule has 11 heteroatoms. The van der Waals surface area contributed by atoms with E-state index >= 15 is 0 Å². The van der Waals surface area contributed by atoms with Crippen LogP contribution in [-0.2, 0) is 28.9 Å². The number of morpholine rings is 1. The first-order valence-corrected chi connectivity index (χ1v) is 14.0. The Kier molecular flexibility index (Phi) is 9.77. The maximum Gasteiger partial charge on any atom is 0.308 e. The number of nitrogens with zero attached hydrogens (tertiary/aromatic N) is 1. The highest BCUT2D eigenvalue weighted by molar-refractivity contribution is 7.91. The second-order valence-electron chi connectivity index (χ2n) is 8.52. The molecule has 2 aromatic rings. The van der Waals surface area contributed by atoms with E-state index in [1.54, 1.807) is 55.5 Å². The van der Waals surface area contributed by atoms with Crippen molar-refractivity contribution in [1.82, 2.24) is 4.90 Å². The predicted octanol–water partition coefficient (Wildman–Crippen LogP) is 3.75. The van der Waals surface area contributed by atoms with Gasteiger partial charge in [0.05, 0.1) is 37.7 Å². The van der Waals surface area contributed by atoms with Gasteiger partial charge in [-0.3, -0.25) is 9.59 Å². The third-order valence-corrected chi connectivity index (χ3v) is 8.29. The number of hydrogen-bond donors (Lipinski definition) is 1. The van der Waals surface area contributed by atoms with Crippen molar-refractivity contribution in [3.63, 3.8) is 0 Å². The molecule has 0 aliphatic carbocycles. The summed E-state index contributed by atoms with van der Waals surface area (Å²) in [5.74, 6) is -1.93. The smallest absolute Gasteiger partial charge is 0.308 e. The molecular formula is C25H29Cl2NO7S. The molecule has 1 unspecified atom stereocenters. The van der Waals surface area contributed by atoms with E-state index in [1.165, 1.54) is 12.0 Å². The van der Waals surface area contributed by atoms with Crippen LogP contribution in [0.5, 0.6) is 0 Å². The first-order valence-electron chi connectivity index (χ1n) is 11.5. The third kappa shape index (κ3) is 6.77. The van der Waals surface area contributed by atoms with Crippen LogP contribution in [0.15, 0.2) is 48.5 Å². The van der Waals surface area contributed by atoms with Crippen molar-refractivity contribution in [2.24, 2.45) is 0 Å². The van der Waals surface area contributed by atoms with Gasteiger partial charge in [0.2, 0.25) is 0 Å². The number of hydrogen-bond acceptors (Lipinski definition) is 7. The van der Waals surface area contributed by atoms with E-state index in [2.05, 4.69) is 0 Å². The summed E-state index contributed by atoms with van der Waals surface area (Å²) in [7, 11) is -2.46. The van der Waals surface area contributed by atoms with Crippen LogP contribution in [0.3, 0.4) is 0 Å². The molecule has 0 aromatic heterocycles. The van der Waals surface area contributed by atoms with Crippen molar-refractivity contribution < 1.29 is 32.6 Å². The van der Waals surface area contributed by atoms with E-state index in [4.69, 9.17) is 32.7 Å². The largest absolute Gasteiger partial charge is 0.469 e. The molecule has 0 saturated carbocycles. The standard InChI is InChI=1S/C25H29Cl2NO7S/c1-3-20(15-36(32,33)12-11-29)28-23(16-7-9-18(26)10-8-16)24(17-5-4-6-19(27)13-17)35-21(25(28)31)14-22(30)34-2/h4-10,13,20-21,23-24,29H,3,11-12,14-15H2,1-2H3/t20?,21-,23-,24-/m1/s1. The van der Waals surface area contributed by atoms with E-state index in [0.29, 0.717) is 27.6 Å². The number of amides is 1. The summed E-state index contributed by atoms with van der Waals surface area (Å²) < 4.78 is 36.4. The van der Waals surface area contributed by atoms with Gasteiger partial charge in [0.1, 0.15) is 12.2 Å². The Morgan fingerprint density at radius 2 is 1.83 bits per heavy atom. The number of methoxy groups -OCH3 is 1. The number of aliphatic hydroxyl groups is 1. The highest BCUT2D eigenvalue weighted by Gasteiger charge is 2.47. The van der Waals surface area contributed by atoms with Gasteiger partial charge in [-0.2, -0.15) is 0 Å². The Hall–Kier alpha value is -2.17. The molecule has 1 aliphatic heterocycles. The van der Waals surface area contributed by atoms with Crippen molar-refractivity contribution in [3.8, 4) is 0 Å². The number of carbonyl (C=O) groups is 2. The summed E-state index contributed by atoms with van der Waals surface area (Å²) in [5, 5.41) is 10.2. The van der Waals surface area contributed by atoms with Crippen molar-refractivity contribution in [2.45, 2.75) is 44.1 Å². The molecule has 2 aromatic carbocycles. The molecule has 1 amide bonds. The number of carbonyl (C=O) groups excluding carboxylic acids is 2. The van der Waals surface area contributed by atoms with Crippen LogP contribution >= 0.6 is 23.2 Å². The first kappa shape index (κ1) is 28.4. The minimum atomic E-state index is -3.68. The van der Waals surface area contributed by atoms with Crippen LogP contribution < -0.4 is 0 Å². The van der Waals surface area contributed by atoms with E-state index in [0.717, 1.165) is 0 Å². The fraction of sp³-hybridized carbons (Fsp3) is 0.440. The quantitative estimate of drug-likeness (QED) is 0.443. The van der Waals surface area contributed by atoms with E-state index in [-0.39, 0.29) is 12.2 Å². The van der Waals surface area contributed by atoms with Gasteiger partial charge >= 0.3 is 5.97 Å². The molecule has 3 rings (SSSR count). The maximum atomic E-state index is 13.8. The minimum Gasteiger partial charge on any atom is -0.469 e. The lowest BCUT2D eigenvalue weighted by atomic mass is 9.89. The number of esters is 1. The van der Waals surface area contributed by atoms with Crippen LogP contribution in [0, 0.1) is 0 Å². The van der Waals surface area contributed by atoms with Crippen LogP contribution in [0.2, 0.25) is 10.0 Å². The number of halogens is 2. The Morgan fingerprint density at radius 3 is 2.42 bits per heavy atom. The molecule has 0 bridgehead atoms. The van der Waals surface area contributed by atoms with Gasteiger partial charge in [-0.1, -0.05) is 54.4 Å². The van der Waals surface area contributed by atoms with E-state index in [1.807, 2.05) is 0 Å². The number of benzene rings is 2. The SMILES string of the molecule is CCC(CS(=O)(=O)CCO)N1C(=O)[C@@H](CC(=O)OC)O[C@H](c2cccc(Cl)c2)[C@H]1c1ccc(Cl)cc1. The van der Waals surface area contributed by atoms with Crippen molar-refractivity contribution in [2.75, 3.05) is 25.2 Å². The van der Waals surface area contributed by atoms with Gasteiger partial charge < -0.3 is 19.5 Å². The Balaban J connectivity index is 2.18. The van der Waals surface area contributed by atoms with Crippen LogP contribution in [-0.4, -0.2) is 67.7 Å². The minimum absolute atomic E-state index is 0.313. The highest BCUT2D eigenvalue weighted by atomic mass is 35.5. The summed E-state index contributed by atoms with van der Waals surface area (Å²) in [5.41, 5.74) is 1.33. The number of ether oxygens (including phenoxy) is 2. The number of aliphatic hydroxyl groups excluding tert-OH is 1. The molecule has 4 atom stereocenters. The first-order chi connectivity index (χ1) is 17.1. The third-order valence-electron chi connectivity index (χ3n) is 6.11. The zero-order valence-corrected chi connectivity index (χ0v) is 22.3. The molecule has 1 N–H and O–H groups in total. The number of rotatable bonds is 10. The Bertz CT molecular complexity index is 1170. The van der Waals surface area contributed by atoms with Gasteiger partial charge in [-0.05, 0) is 41.8 Å². The fourth-order valence-electron chi connectivity index (χ4n) is 4.39. The molecular weight excluding hydrogens is 529 g/mol. The second-order valence-corrected chi connectivity index (χ2v) is 11.6. The van der Waals surface area contributed by atoms with Crippen LogP contribution in [0.1, 0.15) is 43.0 Å². The van der Waals surface area contributed by atoms with Gasteiger partial charge in [0.25, 0.3) is 5.91 Å². The van der Waals surface area contributed by atoms with Crippen molar-refractivity contribution >= 4 is 44.9 Å². The maximum absolute atomic E-state index is 13.8. The molecule has 0 spiro atoms. The van der Waals surface area contributed by atoms with Gasteiger partial charge in [0.15, 0.2) is 9.84 Å². The van der Waals surface area contributed by atoms with Gasteiger partial charge in [-0.25, -0.2) is 8.42 Å². The molecule has 1 heterocycles. The number of sulfone groups is 1. The molecule has 1 fully saturated rings. The van der Waals surface area contributed by atoms with E-state index in [9.17, 15) is 23.1 Å². The lowest BCUT2D eigenvalue weighted by molar-refractivity contribution is -0.183. The Morgan fingerprint density at radius 1 is 1.14 bits per heavy atom. The zero-order chi connectivity index (χ0) is 26.5. The summed E-state index contributed by atoms with van der Waals surface area (Å²) in [4.78, 5) is 27.5. The predicted molar refractivity (Wildman–Crippen MR) is 137 cm³/mol. The van der Waals surface area contributed by atoms with Gasteiger partial charge in [0, 0.05) is 16.1 Å². The fourth-order valence-corrected chi connectivity index (χ4v) is 6.14. The highest BCUT2D eigenvalue weighted by Crippen LogP contribution is 2.44. The topological polar surface area (TPSA) is 110 Å². The second kappa shape index (κ2) is 12.4. The molecule has 196 valence electrons. The summed E-state index contributed by atoms with van der Waals surface area (Å²) in [6.45, 7) is 1.26. The molecule has 1 aliphatic rings. The molecule has 36 heavy (non-hydrogen) atoms.